The number of hydrogen-bond donors (Lipinski definition) is 2. The highest BCUT2D eigenvalue weighted by Crippen LogP contribution is 2.20. The van der Waals surface area contributed by atoms with E-state index >= 15 is 0 Å². The maximum atomic E-state index is 12.1. The van der Waals surface area contributed by atoms with Gasteiger partial charge in [-0.1, -0.05) is 25.7 Å². The Morgan fingerprint density at radius 1 is 1.11 bits per heavy atom. The summed E-state index contributed by atoms with van der Waals surface area (Å²) in [7, 11) is 0. The molecular formula is C15H29N3O. The summed E-state index contributed by atoms with van der Waals surface area (Å²) in [4.78, 5) is 14.5. The first-order valence-corrected chi connectivity index (χ1v) is 8.03. The molecule has 1 aliphatic carbocycles. The molecular weight excluding hydrogens is 238 g/mol. The van der Waals surface area contributed by atoms with Gasteiger partial charge in [-0.15, -0.1) is 0 Å². The van der Waals surface area contributed by atoms with Crippen LogP contribution >= 0.6 is 0 Å². The van der Waals surface area contributed by atoms with Crippen LogP contribution in [0.25, 0.3) is 0 Å². The van der Waals surface area contributed by atoms with Crippen molar-refractivity contribution in [2.24, 2.45) is 5.73 Å². The summed E-state index contributed by atoms with van der Waals surface area (Å²) < 4.78 is 0. The van der Waals surface area contributed by atoms with E-state index in [0.29, 0.717) is 18.6 Å². The van der Waals surface area contributed by atoms with E-state index in [2.05, 4.69) is 10.2 Å². The van der Waals surface area contributed by atoms with Crippen LogP contribution in [-0.4, -0.2) is 42.5 Å². The molecule has 1 aliphatic heterocycles. The Hall–Kier alpha value is -0.610. The van der Waals surface area contributed by atoms with Gasteiger partial charge in [0.15, 0.2) is 0 Å². The highest BCUT2D eigenvalue weighted by atomic mass is 16.2. The average molecular weight is 267 g/mol. The van der Waals surface area contributed by atoms with Crippen molar-refractivity contribution in [2.75, 3.05) is 19.6 Å². The lowest BCUT2D eigenvalue weighted by molar-refractivity contribution is -0.124. The molecule has 2 rings (SSSR count). The van der Waals surface area contributed by atoms with Crippen molar-refractivity contribution in [2.45, 2.75) is 69.9 Å². The van der Waals surface area contributed by atoms with Gasteiger partial charge in [0.1, 0.15) is 0 Å². The number of likely N-dealkylation sites (tertiary alicyclic amines) is 1. The molecule has 1 unspecified atom stereocenters. The second kappa shape index (κ2) is 7.85. The highest BCUT2D eigenvalue weighted by molar-refractivity contribution is 5.78. The van der Waals surface area contributed by atoms with Gasteiger partial charge in [-0.05, 0) is 45.2 Å². The van der Waals surface area contributed by atoms with Crippen LogP contribution in [0, 0.1) is 0 Å². The standard InChI is InChI=1S/C15H29N3O/c16-10-9-14-8-4-5-11-18(14)12-15(19)17-13-6-2-1-3-7-13/h13-14H,1-12,16H2,(H,17,19). The summed E-state index contributed by atoms with van der Waals surface area (Å²) in [6.07, 6.45) is 10.9. The van der Waals surface area contributed by atoms with Crippen LogP contribution in [0.15, 0.2) is 0 Å². The molecule has 3 N–H and O–H groups in total. The number of carbonyl (C=O) groups is 1. The van der Waals surface area contributed by atoms with Gasteiger partial charge < -0.3 is 11.1 Å². The summed E-state index contributed by atoms with van der Waals surface area (Å²) in [5.74, 6) is 0.218. The number of nitrogens with one attached hydrogen (secondary N) is 1. The molecule has 4 heteroatoms. The molecule has 4 nitrogen and oxygen atoms in total. The van der Waals surface area contributed by atoms with Crippen molar-refractivity contribution < 1.29 is 4.79 Å². The van der Waals surface area contributed by atoms with Gasteiger partial charge in [0.2, 0.25) is 5.91 Å². The minimum atomic E-state index is 0.218. The normalized spacial score (nSPS) is 26.3. The Bertz CT molecular complexity index is 275. The van der Waals surface area contributed by atoms with Crippen LogP contribution in [0.2, 0.25) is 0 Å². The number of amides is 1. The molecule has 19 heavy (non-hydrogen) atoms. The minimum absolute atomic E-state index is 0.218. The summed E-state index contributed by atoms with van der Waals surface area (Å²) >= 11 is 0. The summed E-state index contributed by atoms with van der Waals surface area (Å²) in [5, 5.41) is 3.22. The molecule has 1 saturated heterocycles. The van der Waals surface area contributed by atoms with Crippen molar-refractivity contribution in [1.82, 2.24) is 10.2 Å². The van der Waals surface area contributed by atoms with Gasteiger partial charge in [0.05, 0.1) is 6.54 Å². The number of nitrogens with zero attached hydrogens (tertiary/aromatic N) is 1. The first-order valence-electron chi connectivity index (χ1n) is 8.03. The van der Waals surface area contributed by atoms with Gasteiger partial charge in [-0.25, -0.2) is 0 Å². The smallest absolute Gasteiger partial charge is 0.234 e. The second-order valence-electron chi connectivity index (χ2n) is 6.10. The van der Waals surface area contributed by atoms with E-state index in [1.54, 1.807) is 0 Å². The van der Waals surface area contributed by atoms with Gasteiger partial charge in [0, 0.05) is 12.1 Å². The van der Waals surface area contributed by atoms with Crippen LogP contribution in [0.1, 0.15) is 57.8 Å². The molecule has 0 radical (unpaired) electrons. The van der Waals surface area contributed by atoms with E-state index in [1.807, 2.05) is 0 Å². The topological polar surface area (TPSA) is 58.4 Å². The molecule has 0 aromatic heterocycles. The van der Waals surface area contributed by atoms with Crippen molar-refractivity contribution >= 4 is 5.91 Å². The van der Waals surface area contributed by atoms with Crippen molar-refractivity contribution in [3.63, 3.8) is 0 Å². The van der Waals surface area contributed by atoms with E-state index in [4.69, 9.17) is 5.73 Å². The number of piperidine rings is 1. The van der Waals surface area contributed by atoms with Crippen molar-refractivity contribution in [3.05, 3.63) is 0 Å². The molecule has 1 amide bonds. The fourth-order valence-electron chi connectivity index (χ4n) is 3.49. The van der Waals surface area contributed by atoms with Crippen LogP contribution < -0.4 is 11.1 Å². The Labute approximate surface area is 117 Å². The molecule has 1 atom stereocenters. The maximum Gasteiger partial charge on any atom is 0.234 e. The zero-order chi connectivity index (χ0) is 13.5. The lowest BCUT2D eigenvalue weighted by Crippen LogP contribution is -2.48. The van der Waals surface area contributed by atoms with E-state index in [1.165, 1.54) is 38.5 Å². The van der Waals surface area contributed by atoms with Gasteiger partial charge in [0.25, 0.3) is 0 Å². The van der Waals surface area contributed by atoms with Crippen molar-refractivity contribution in [3.8, 4) is 0 Å². The first-order chi connectivity index (χ1) is 9.29. The lowest BCUT2D eigenvalue weighted by atomic mass is 9.95. The van der Waals surface area contributed by atoms with Crippen LogP contribution in [-0.2, 0) is 4.79 Å². The largest absolute Gasteiger partial charge is 0.352 e. The zero-order valence-corrected chi connectivity index (χ0v) is 12.1. The van der Waals surface area contributed by atoms with Crippen LogP contribution in [0.4, 0.5) is 0 Å². The molecule has 1 saturated carbocycles. The summed E-state index contributed by atoms with van der Waals surface area (Å²) in [6.45, 7) is 2.36. The zero-order valence-electron chi connectivity index (χ0n) is 12.1. The monoisotopic (exact) mass is 267 g/mol. The third-order valence-corrected chi connectivity index (χ3v) is 4.57. The van der Waals surface area contributed by atoms with Gasteiger partial charge in [-0.3, -0.25) is 9.69 Å². The predicted molar refractivity (Wildman–Crippen MR) is 77.9 cm³/mol. The number of hydrogen-bond acceptors (Lipinski definition) is 3. The molecule has 0 spiro atoms. The number of rotatable bonds is 5. The Kier molecular flexibility index (Phi) is 6.11. The first kappa shape index (κ1) is 14.8. The molecule has 110 valence electrons. The minimum Gasteiger partial charge on any atom is -0.352 e. The van der Waals surface area contributed by atoms with Crippen molar-refractivity contribution in [1.29, 1.82) is 0 Å². The molecule has 0 aromatic carbocycles. The van der Waals surface area contributed by atoms with Crippen LogP contribution in [0.3, 0.4) is 0 Å². The average Bonchev–Trinajstić information content (AvgIpc) is 2.42. The third kappa shape index (κ3) is 4.77. The van der Waals surface area contributed by atoms with Crippen LogP contribution in [0.5, 0.6) is 0 Å². The van der Waals surface area contributed by atoms with E-state index in [9.17, 15) is 4.79 Å². The Morgan fingerprint density at radius 2 is 1.84 bits per heavy atom. The molecule has 2 fully saturated rings. The number of carbonyl (C=O) groups excluding carboxylic acids is 1. The molecule has 1 heterocycles. The fraction of sp³-hybridized carbons (Fsp3) is 0.933. The second-order valence-corrected chi connectivity index (χ2v) is 6.10. The quantitative estimate of drug-likeness (QED) is 0.796. The Balaban J connectivity index is 1.75. The third-order valence-electron chi connectivity index (χ3n) is 4.57. The maximum absolute atomic E-state index is 12.1. The molecule has 0 bridgehead atoms. The number of nitrogens with two attached hydrogens (primary N) is 1. The summed E-state index contributed by atoms with van der Waals surface area (Å²) in [5.41, 5.74) is 5.67. The SMILES string of the molecule is NCCC1CCCCN1CC(=O)NC1CCCCC1. The molecule has 0 aromatic rings. The fourth-order valence-corrected chi connectivity index (χ4v) is 3.49. The highest BCUT2D eigenvalue weighted by Gasteiger charge is 2.24. The van der Waals surface area contributed by atoms with E-state index < -0.39 is 0 Å². The summed E-state index contributed by atoms with van der Waals surface area (Å²) in [6, 6.07) is 0.954. The van der Waals surface area contributed by atoms with Gasteiger partial charge >= 0.3 is 0 Å². The lowest BCUT2D eigenvalue weighted by Gasteiger charge is -2.35. The van der Waals surface area contributed by atoms with Gasteiger partial charge in [-0.2, -0.15) is 0 Å². The van der Waals surface area contributed by atoms with E-state index in [-0.39, 0.29) is 5.91 Å². The molecule has 2 aliphatic rings. The van der Waals surface area contributed by atoms with E-state index in [0.717, 1.165) is 32.4 Å². The Morgan fingerprint density at radius 3 is 2.58 bits per heavy atom. The predicted octanol–water partition coefficient (Wildman–Crippen LogP) is 1.64.